The minimum atomic E-state index is -0.517. The highest BCUT2D eigenvalue weighted by Gasteiger charge is 2.13. The molecule has 2 N–H and O–H groups in total. The summed E-state index contributed by atoms with van der Waals surface area (Å²) < 4.78 is 5.49. The smallest absolute Gasteiger partial charge is 0.321 e. The van der Waals surface area contributed by atoms with Gasteiger partial charge in [0.05, 0.1) is 5.75 Å². The maximum absolute atomic E-state index is 11.6. The van der Waals surface area contributed by atoms with E-state index in [0.717, 1.165) is 22.9 Å². The highest BCUT2D eigenvalue weighted by molar-refractivity contribution is 7.99. The Hall–Kier alpha value is -2.35. The second-order valence-electron chi connectivity index (χ2n) is 5.20. The Kier molecular flexibility index (Phi) is 5.75. The molecule has 0 aliphatic heterocycles. The monoisotopic (exact) mass is 334 g/mol. The number of thioether (sulfide) groups is 1. The van der Waals surface area contributed by atoms with E-state index in [4.69, 9.17) is 4.42 Å². The van der Waals surface area contributed by atoms with Gasteiger partial charge in [0.25, 0.3) is 5.22 Å². The van der Waals surface area contributed by atoms with Crippen molar-refractivity contribution in [2.45, 2.75) is 32.0 Å². The number of carbonyl (C=O) groups excluding carboxylic acids is 2. The van der Waals surface area contributed by atoms with Crippen LogP contribution in [0.1, 0.15) is 19.4 Å². The van der Waals surface area contributed by atoms with E-state index in [9.17, 15) is 9.59 Å². The number of nitrogens with zero attached hydrogens (tertiary/aromatic N) is 2. The number of imide groups is 1. The van der Waals surface area contributed by atoms with Crippen LogP contribution in [-0.2, 0) is 4.79 Å². The SMILES string of the molecule is Cc1ccc(-c2nnc(SCC(=O)NC(=O)NC(C)C)o2)cc1. The topological polar surface area (TPSA) is 97.1 Å². The van der Waals surface area contributed by atoms with Crippen molar-refractivity contribution in [3.05, 3.63) is 29.8 Å². The van der Waals surface area contributed by atoms with Crippen molar-refractivity contribution in [3.63, 3.8) is 0 Å². The third-order valence-electron chi connectivity index (χ3n) is 2.70. The molecule has 0 fully saturated rings. The van der Waals surface area contributed by atoms with Crippen LogP contribution in [0.2, 0.25) is 0 Å². The molecule has 0 spiro atoms. The molecule has 0 unspecified atom stereocenters. The number of amides is 3. The van der Waals surface area contributed by atoms with E-state index in [-0.39, 0.29) is 17.0 Å². The van der Waals surface area contributed by atoms with Crippen molar-refractivity contribution in [2.75, 3.05) is 5.75 Å². The fourth-order valence-corrected chi connectivity index (χ4v) is 2.23. The number of aryl methyl sites for hydroxylation is 1. The van der Waals surface area contributed by atoms with Crippen molar-refractivity contribution in [3.8, 4) is 11.5 Å². The molecule has 0 saturated heterocycles. The maximum atomic E-state index is 11.6. The van der Waals surface area contributed by atoms with Gasteiger partial charge in [-0.1, -0.05) is 29.5 Å². The van der Waals surface area contributed by atoms with Gasteiger partial charge >= 0.3 is 6.03 Å². The van der Waals surface area contributed by atoms with Crippen molar-refractivity contribution in [1.82, 2.24) is 20.8 Å². The average molecular weight is 334 g/mol. The Labute approximate surface area is 138 Å². The lowest BCUT2D eigenvalue weighted by atomic mass is 10.1. The fourth-order valence-electron chi connectivity index (χ4n) is 1.67. The minimum absolute atomic E-state index is 0.0149. The van der Waals surface area contributed by atoms with Gasteiger partial charge in [0.1, 0.15) is 0 Å². The standard InChI is InChI=1S/C15H18N4O3S/c1-9(2)16-14(21)17-12(20)8-23-15-19-18-13(22-15)11-6-4-10(3)5-7-11/h4-7,9H,8H2,1-3H3,(H2,16,17,20,21). The molecule has 0 radical (unpaired) electrons. The molecule has 23 heavy (non-hydrogen) atoms. The van der Waals surface area contributed by atoms with E-state index in [2.05, 4.69) is 20.8 Å². The van der Waals surface area contributed by atoms with Crippen LogP contribution in [0.25, 0.3) is 11.5 Å². The highest BCUT2D eigenvalue weighted by atomic mass is 32.2. The molecule has 0 saturated carbocycles. The fraction of sp³-hybridized carbons (Fsp3) is 0.333. The van der Waals surface area contributed by atoms with E-state index in [0.29, 0.717) is 5.89 Å². The van der Waals surface area contributed by atoms with Crippen molar-refractivity contribution in [2.24, 2.45) is 0 Å². The molecule has 7 nitrogen and oxygen atoms in total. The molecule has 122 valence electrons. The number of benzene rings is 1. The van der Waals surface area contributed by atoms with E-state index in [1.165, 1.54) is 0 Å². The number of rotatable bonds is 5. The van der Waals surface area contributed by atoms with Crippen LogP contribution in [0.15, 0.2) is 33.9 Å². The summed E-state index contributed by atoms with van der Waals surface area (Å²) in [7, 11) is 0. The number of carbonyl (C=O) groups is 2. The summed E-state index contributed by atoms with van der Waals surface area (Å²) in [6.45, 7) is 5.61. The zero-order valence-corrected chi connectivity index (χ0v) is 13.9. The third kappa shape index (κ3) is 5.41. The molecule has 8 heteroatoms. The lowest BCUT2D eigenvalue weighted by Crippen LogP contribution is -2.43. The Morgan fingerprint density at radius 2 is 1.91 bits per heavy atom. The zero-order chi connectivity index (χ0) is 16.8. The molecule has 2 rings (SSSR count). The largest absolute Gasteiger partial charge is 0.411 e. The van der Waals surface area contributed by atoms with E-state index >= 15 is 0 Å². The maximum Gasteiger partial charge on any atom is 0.321 e. The number of nitrogens with one attached hydrogen (secondary N) is 2. The van der Waals surface area contributed by atoms with E-state index in [1.807, 2.05) is 45.0 Å². The van der Waals surface area contributed by atoms with Crippen molar-refractivity contribution < 1.29 is 14.0 Å². The van der Waals surface area contributed by atoms with Gasteiger partial charge in [-0.2, -0.15) is 0 Å². The lowest BCUT2D eigenvalue weighted by molar-refractivity contribution is -0.117. The molecule has 0 bridgehead atoms. The number of hydrogen-bond acceptors (Lipinski definition) is 6. The van der Waals surface area contributed by atoms with E-state index in [1.54, 1.807) is 0 Å². The average Bonchev–Trinajstić information content (AvgIpc) is 2.94. The lowest BCUT2D eigenvalue weighted by Gasteiger charge is -2.08. The van der Waals surface area contributed by atoms with E-state index < -0.39 is 11.9 Å². The normalized spacial score (nSPS) is 10.6. The van der Waals surface area contributed by atoms with Crippen LogP contribution in [-0.4, -0.2) is 33.9 Å². The molecule has 2 aromatic rings. The molecule has 1 aromatic heterocycles. The van der Waals surface area contributed by atoms with Crippen molar-refractivity contribution in [1.29, 1.82) is 0 Å². The molecule has 3 amide bonds. The Morgan fingerprint density at radius 1 is 1.22 bits per heavy atom. The Bertz CT molecular complexity index is 682. The van der Waals surface area contributed by atoms with Gasteiger partial charge < -0.3 is 9.73 Å². The number of hydrogen-bond donors (Lipinski definition) is 2. The quantitative estimate of drug-likeness (QED) is 0.815. The number of aromatic nitrogens is 2. The molecule has 0 aliphatic carbocycles. The second kappa shape index (κ2) is 7.77. The van der Waals surface area contributed by atoms with Crippen LogP contribution in [0.4, 0.5) is 4.79 Å². The van der Waals surface area contributed by atoms with Gasteiger partial charge in [0.15, 0.2) is 0 Å². The summed E-state index contributed by atoms with van der Waals surface area (Å²) in [6, 6.07) is 7.13. The Morgan fingerprint density at radius 3 is 2.57 bits per heavy atom. The third-order valence-corrected chi connectivity index (χ3v) is 3.52. The summed E-state index contributed by atoms with van der Waals surface area (Å²) >= 11 is 1.08. The summed E-state index contributed by atoms with van der Waals surface area (Å²) in [4.78, 5) is 23.0. The van der Waals surface area contributed by atoms with Crippen LogP contribution >= 0.6 is 11.8 Å². The summed E-state index contributed by atoms with van der Waals surface area (Å²) in [5, 5.41) is 12.9. The first kappa shape index (κ1) is 17.0. The molecule has 1 aromatic carbocycles. The molecule has 1 heterocycles. The first-order chi connectivity index (χ1) is 10.9. The van der Waals surface area contributed by atoms with Gasteiger partial charge in [-0.15, -0.1) is 10.2 Å². The molecule has 0 aliphatic rings. The van der Waals surface area contributed by atoms with Crippen LogP contribution in [0.3, 0.4) is 0 Å². The molecular weight excluding hydrogens is 316 g/mol. The highest BCUT2D eigenvalue weighted by Crippen LogP contribution is 2.23. The minimum Gasteiger partial charge on any atom is -0.411 e. The first-order valence-electron chi connectivity index (χ1n) is 7.07. The van der Waals surface area contributed by atoms with Crippen LogP contribution in [0, 0.1) is 6.92 Å². The van der Waals surface area contributed by atoms with Gasteiger partial charge in [-0.05, 0) is 32.9 Å². The predicted octanol–water partition coefficient (Wildman–Crippen LogP) is 2.37. The summed E-state index contributed by atoms with van der Waals surface area (Å²) in [5.74, 6) is -0.0187. The molecular formula is C15H18N4O3S. The summed E-state index contributed by atoms with van der Waals surface area (Å²) in [6.07, 6.45) is 0. The first-order valence-corrected chi connectivity index (χ1v) is 8.06. The predicted molar refractivity (Wildman–Crippen MR) is 87.0 cm³/mol. The molecule has 0 atom stereocenters. The van der Waals surface area contributed by atoms with Crippen molar-refractivity contribution >= 4 is 23.7 Å². The second-order valence-corrected chi connectivity index (χ2v) is 6.13. The Balaban J connectivity index is 1.86. The van der Waals surface area contributed by atoms with Crippen LogP contribution in [0.5, 0.6) is 0 Å². The van der Waals surface area contributed by atoms with Gasteiger partial charge in [0.2, 0.25) is 11.8 Å². The van der Waals surface area contributed by atoms with Gasteiger partial charge in [-0.25, -0.2) is 4.79 Å². The summed E-state index contributed by atoms with van der Waals surface area (Å²) in [5.41, 5.74) is 1.95. The number of urea groups is 1. The van der Waals surface area contributed by atoms with Gasteiger partial charge in [0, 0.05) is 11.6 Å². The zero-order valence-electron chi connectivity index (χ0n) is 13.1. The van der Waals surface area contributed by atoms with Crippen LogP contribution < -0.4 is 10.6 Å². The van der Waals surface area contributed by atoms with Gasteiger partial charge in [-0.3, -0.25) is 10.1 Å².